The van der Waals surface area contributed by atoms with Crippen LogP contribution in [0, 0.1) is 6.92 Å². The maximum absolute atomic E-state index is 12.7. The summed E-state index contributed by atoms with van der Waals surface area (Å²) < 4.78 is 11.4. The van der Waals surface area contributed by atoms with E-state index in [1.54, 1.807) is 30.3 Å². The molecule has 0 saturated carbocycles. The first-order chi connectivity index (χ1) is 13.5. The van der Waals surface area contributed by atoms with Crippen LogP contribution in [-0.4, -0.2) is 23.3 Å². The van der Waals surface area contributed by atoms with E-state index in [-0.39, 0.29) is 12.4 Å². The lowest BCUT2D eigenvalue weighted by atomic mass is 10.1. The van der Waals surface area contributed by atoms with Crippen molar-refractivity contribution < 1.29 is 18.7 Å². The zero-order valence-electron chi connectivity index (χ0n) is 14.8. The van der Waals surface area contributed by atoms with E-state index in [4.69, 9.17) is 20.8 Å². The summed E-state index contributed by atoms with van der Waals surface area (Å²) in [5.74, 6) is 0.403. The van der Waals surface area contributed by atoms with Crippen molar-refractivity contribution >= 4 is 45.6 Å². The molecule has 0 aliphatic heterocycles. The molecule has 0 bridgehead atoms. The summed E-state index contributed by atoms with van der Waals surface area (Å²) in [5.41, 5.74) is 1.49. The Balaban J connectivity index is 1.64. The van der Waals surface area contributed by atoms with Crippen LogP contribution in [0.3, 0.4) is 0 Å². The van der Waals surface area contributed by atoms with Crippen molar-refractivity contribution in [1.29, 1.82) is 0 Å². The number of halogens is 1. The van der Waals surface area contributed by atoms with Gasteiger partial charge in [-0.25, -0.2) is 9.78 Å². The normalized spacial score (nSPS) is 10.9. The number of benzene rings is 1. The van der Waals surface area contributed by atoms with Gasteiger partial charge in [-0.05, 0) is 43.3 Å². The Morgan fingerprint density at radius 2 is 1.96 bits per heavy atom. The number of carbonyl (C=O) groups excluding carboxylic acids is 2. The molecule has 28 heavy (non-hydrogen) atoms. The minimum absolute atomic E-state index is 0.300. The average Bonchev–Trinajstić information content (AvgIpc) is 3.33. The number of ether oxygens (including phenoxy) is 1. The van der Waals surface area contributed by atoms with E-state index >= 15 is 0 Å². The second kappa shape index (κ2) is 7.58. The lowest BCUT2D eigenvalue weighted by Gasteiger charge is -2.08. The van der Waals surface area contributed by atoms with E-state index in [0.717, 1.165) is 17.1 Å². The number of ketones is 1. The van der Waals surface area contributed by atoms with Gasteiger partial charge in [0.15, 0.2) is 12.4 Å². The number of rotatable bonds is 5. The topological polar surface area (TPSA) is 69.4 Å². The molecule has 0 unspecified atom stereocenters. The number of hydrogen-bond donors (Lipinski definition) is 0. The lowest BCUT2D eigenvalue weighted by Crippen LogP contribution is -2.14. The van der Waals surface area contributed by atoms with E-state index in [2.05, 4.69) is 4.98 Å². The third-order valence-electron chi connectivity index (χ3n) is 4.11. The molecule has 4 rings (SSSR count). The predicted octanol–water partition coefficient (Wildman–Crippen LogP) is 5.56. The zero-order chi connectivity index (χ0) is 19.7. The first-order valence-electron chi connectivity index (χ1n) is 8.43. The number of fused-ring (bicyclic) bond motifs is 1. The van der Waals surface area contributed by atoms with Gasteiger partial charge in [-0.2, -0.15) is 0 Å². The molecule has 0 aliphatic carbocycles. The molecule has 4 aromatic rings. The zero-order valence-corrected chi connectivity index (χ0v) is 16.3. The van der Waals surface area contributed by atoms with Crippen molar-refractivity contribution in [2.75, 3.05) is 6.61 Å². The fourth-order valence-corrected chi connectivity index (χ4v) is 3.75. The monoisotopic (exact) mass is 411 g/mol. The standard InChI is InChI=1S/C21H14ClNO4S/c1-12-6-7-18(27-12)16-10-14(13-4-2-3-5-15(13)23-16)21(25)26-11-17(24)19-8-9-20(22)28-19/h2-10H,11H2,1H3. The van der Waals surface area contributed by atoms with Crippen molar-refractivity contribution in [3.8, 4) is 11.5 Å². The maximum Gasteiger partial charge on any atom is 0.339 e. The van der Waals surface area contributed by atoms with Gasteiger partial charge in [-0.3, -0.25) is 4.79 Å². The van der Waals surface area contributed by atoms with Gasteiger partial charge >= 0.3 is 5.97 Å². The Labute approximate surface area is 169 Å². The van der Waals surface area contributed by atoms with Gasteiger partial charge in [-0.15, -0.1) is 11.3 Å². The number of nitrogens with zero attached hydrogens (tertiary/aromatic N) is 1. The van der Waals surface area contributed by atoms with Gasteiger partial charge in [0.1, 0.15) is 11.5 Å². The van der Waals surface area contributed by atoms with Gasteiger partial charge in [0.2, 0.25) is 5.78 Å². The van der Waals surface area contributed by atoms with Crippen LogP contribution in [0.15, 0.2) is 59.0 Å². The number of carbonyl (C=O) groups is 2. The second-order valence-corrected chi connectivity index (χ2v) is 7.80. The highest BCUT2D eigenvalue weighted by atomic mass is 35.5. The Bertz CT molecular complexity index is 1190. The van der Waals surface area contributed by atoms with Crippen LogP contribution in [0.1, 0.15) is 25.8 Å². The fraction of sp³-hybridized carbons (Fsp3) is 0.0952. The molecular weight excluding hydrogens is 398 g/mol. The number of furan rings is 1. The summed E-state index contributed by atoms with van der Waals surface area (Å²) in [7, 11) is 0. The number of pyridine rings is 1. The summed E-state index contributed by atoms with van der Waals surface area (Å²) in [4.78, 5) is 29.9. The number of hydrogen-bond acceptors (Lipinski definition) is 6. The molecule has 1 aromatic carbocycles. The van der Waals surface area contributed by atoms with Crippen LogP contribution in [0.25, 0.3) is 22.4 Å². The molecular formula is C21H14ClNO4S. The quantitative estimate of drug-likeness (QED) is 0.317. The molecule has 0 saturated heterocycles. The van der Waals surface area contributed by atoms with Gasteiger partial charge < -0.3 is 9.15 Å². The number of aryl methyl sites for hydroxylation is 1. The summed E-state index contributed by atoms with van der Waals surface area (Å²) in [6, 6.07) is 15.7. The Hall–Kier alpha value is -2.96. The van der Waals surface area contributed by atoms with Gasteiger partial charge in [0.05, 0.1) is 20.3 Å². The van der Waals surface area contributed by atoms with Crippen LogP contribution >= 0.6 is 22.9 Å². The van der Waals surface area contributed by atoms with Crippen molar-refractivity contribution in [1.82, 2.24) is 4.98 Å². The SMILES string of the molecule is Cc1ccc(-c2cc(C(=O)OCC(=O)c3ccc(Cl)s3)c3ccccc3n2)o1. The molecule has 3 aromatic heterocycles. The summed E-state index contributed by atoms with van der Waals surface area (Å²) in [6.07, 6.45) is 0. The minimum atomic E-state index is -0.598. The highest BCUT2D eigenvalue weighted by molar-refractivity contribution is 7.18. The molecule has 0 N–H and O–H groups in total. The fourth-order valence-electron chi connectivity index (χ4n) is 2.79. The van der Waals surface area contributed by atoms with Gasteiger partial charge in [-0.1, -0.05) is 29.8 Å². The molecule has 7 heteroatoms. The van der Waals surface area contributed by atoms with E-state index in [9.17, 15) is 9.59 Å². The molecule has 0 spiro atoms. The van der Waals surface area contributed by atoms with E-state index in [0.29, 0.717) is 37.1 Å². The highest BCUT2D eigenvalue weighted by Gasteiger charge is 2.18. The number of thiophene rings is 1. The third kappa shape index (κ3) is 3.69. The average molecular weight is 412 g/mol. The number of esters is 1. The minimum Gasteiger partial charge on any atom is -0.460 e. The highest BCUT2D eigenvalue weighted by Crippen LogP contribution is 2.27. The first kappa shape index (κ1) is 18.4. The largest absolute Gasteiger partial charge is 0.460 e. The third-order valence-corrected chi connectivity index (χ3v) is 5.38. The Morgan fingerprint density at radius 3 is 2.68 bits per heavy atom. The number of para-hydroxylation sites is 1. The van der Waals surface area contributed by atoms with Crippen molar-refractivity contribution in [2.24, 2.45) is 0 Å². The number of aromatic nitrogens is 1. The van der Waals surface area contributed by atoms with Gasteiger partial charge in [0, 0.05) is 5.39 Å². The number of Topliss-reactive ketones (excluding diaryl/α,β-unsaturated/α-hetero) is 1. The Morgan fingerprint density at radius 1 is 1.14 bits per heavy atom. The van der Waals surface area contributed by atoms with Crippen LogP contribution in [0.2, 0.25) is 4.34 Å². The van der Waals surface area contributed by atoms with Gasteiger partial charge in [0.25, 0.3) is 0 Å². The molecule has 0 aliphatic rings. The lowest BCUT2D eigenvalue weighted by molar-refractivity contribution is 0.0478. The molecule has 0 fully saturated rings. The summed E-state index contributed by atoms with van der Waals surface area (Å²) in [5, 5.41) is 0.645. The van der Waals surface area contributed by atoms with E-state index in [1.807, 2.05) is 31.2 Å². The predicted molar refractivity (Wildman–Crippen MR) is 108 cm³/mol. The molecule has 3 heterocycles. The van der Waals surface area contributed by atoms with Crippen molar-refractivity contribution in [2.45, 2.75) is 6.92 Å². The summed E-state index contributed by atoms with van der Waals surface area (Å²) >= 11 is 7.00. The molecule has 0 atom stereocenters. The van der Waals surface area contributed by atoms with E-state index in [1.165, 1.54) is 0 Å². The summed E-state index contributed by atoms with van der Waals surface area (Å²) in [6.45, 7) is 1.48. The maximum atomic E-state index is 12.7. The molecule has 0 amide bonds. The molecule has 5 nitrogen and oxygen atoms in total. The van der Waals surface area contributed by atoms with Crippen molar-refractivity contribution in [3.63, 3.8) is 0 Å². The van der Waals surface area contributed by atoms with Crippen LogP contribution < -0.4 is 0 Å². The molecule has 140 valence electrons. The van der Waals surface area contributed by atoms with E-state index < -0.39 is 5.97 Å². The first-order valence-corrected chi connectivity index (χ1v) is 9.63. The van der Waals surface area contributed by atoms with Crippen LogP contribution in [0.4, 0.5) is 0 Å². The second-order valence-electron chi connectivity index (χ2n) is 6.09. The van der Waals surface area contributed by atoms with Crippen LogP contribution in [0.5, 0.6) is 0 Å². The van der Waals surface area contributed by atoms with Crippen LogP contribution in [-0.2, 0) is 4.74 Å². The molecule has 0 radical (unpaired) electrons. The Kier molecular flexibility index (Phi) is 4.98. The van der Waals surface area contributed by atoms with Crippen molar-refractivity contribution in [3.05, 3.63) is 75.1 Å². The smallest absolute Gasteiger partial charge is 0.339 e.